The first-order valence-corrected chi connectivity index (χ1v) is 8.17. The number of carbonyl (C=O) groups excluding carboxylic acids is 1. The van der Waals surface area contributed by atoms with E-state index in [1.165, 1.54) is 5.56 Å². The molecule has 3 nitrogen and oxygen atoms in total. The van der Waals surface area contributed by atoms with E-state index in [9.17, 15) is 4.79 Å². The van der Waals surface area contributed by atoms with Crippen molar-refractivity contribution in [3.63, 3.8) is 0 Å². The predicted molar refractivity (Wildman–Crippen MR) is 93.5 cm³/mol. The average molecular weight is 332 g/mol. The minimum Gasteiger partial charge on any atom is -0.466 e. The molecule has 1 N–H and O–H groups in total. The third-order valence-corrected chi connectivity index (χ3v) is 4.02. The monoisotopic (exact) mass is 331 g/mol. The van der Waals surface area contributed by atoms with Gasteiger partial charge >= 0.3 is 5.97 Å². The van der Waals surface area contributed by atoms with Crippen LogP contribution in [0.25, 0.3) is 0 Å². The van der Waals surface area contributed by atoms with Crippen LogP contribution in [0.1, 0.15) is 36.1 Å². The zero-order chi connectivity index (χ0) is 16.7. The summed E-state index contributed by atoms with van der Waals surface area (Å²) in [5, 5.41) is 4.14. The van der Waals surface area contributed by atoms with Crippen molar-refractivity contribution in [3.8, 4) is 0 Å². The van der Waals surface area contributed by atoms with Gasteiger partial charge in [0, 0.05) is 17.6 Å². The van der Waals surface area contributed by atoms with Crippen LogP contribution in [-0.2, 0) is 16.1 Å². The van der Waals surface area contributed by atoms with Gasteiger partial charge in [0.25, 0.3) is 0 Å². The first-order valence-electron chi connectivity index (χ1n) is 7.79. The van der Waals surface area contributed by atoms with Gasteiger partial charge in [-0.2, -0.15) is 0 Å². The maximum absolute atomic E-state index is 11.9. The first-order chi connectivity index (χ1) is 11.1. The van der Waals surface area contributed by atoms with Gasteiger partial charge in [0.05, 0.1) is 13.0 Å². The predicted octanol–water partition coefficient (Wildman–Crippen LogP) is 4.43. The molecule has 0 bridgehead atoms. The Morgan fingerprint density at radius 2 is 1.87 bits per heavy atom. The molecule has 2 rings (SSSR count). The van der Waals surface area contributed by atoms with Crippen molar-refractivity contribution < 1.29 is 9.53 Å². The molecule has 2 aromatic carbocycles. The summed E-state index contributed by atoms with van der Waals surface area (Å²) in [6.07, 6.45) is 0.293. The maximum atomic E-state index is 11.9. The van der Waals surface area contributed by atoms with E-state index in [-0.39, 0.29) is 12.0 Å². The molecule has 0 aliphatic rings. The largest absolute Gasteiger partial charge is 0.466 e. The molecule has 23 heavy (non-hydrogen) atoms. The lowest BCUT2D eigenvalue weighted by atomic mass is 10.0. The number of benzene rings is 2. The van der Waals surface area contributed by atoms with Gasteiger partial charge in [-0.05, 0) is 31.0 Å². The number of nitrogens with one attached hydrogen (secondary N) is 1. The third-order valence-electron chi connectivity index (χ3n) is 3.65. The van der Waals surface area contributed by atoms with Crippen LogP contribution in [0.5, 0.6) is 0 Å². The van der Waals surface area contributed by atoms with E-state index < -0.39 is 0 Å². The van der Waals surface area contributed by atoms with Crippen molar-refractivity contribution in [2.75, 3.05) is 6.61 Å². The fourth-order valence-electron chi connectivity index (χ4n) is 2.37. The summed E-state index contributed by atoms with van der Waals surface area (Å²) >= 11 is 6.20. The van der Waals surface area contributed by atoms with Crippen molar-refractivity contribution >= 4 is 17.6 Å². The second kappa shape index (κ2) is 8.70. The van der Waals surface area contributed by atoms with Crippen LogP contribution in [0.3, 0.4) is 0 Å². The number of hydrogen-bond donors (Lipinski definition) is 1. The molecule has 1 atom stereocenters. The van der Waals surface area contributed by atoms with Crippen molar-refractivity contribution in [1.82, 2.24) is 5.32 Å². The highest BCUT2D eigenvalue weighted by Gasteiger charge is 2.17. The second-order valence-corrected chi connectivity index (χ2v) is 5.85. The van der Waals surface area contributed by atoms with Crippen LogP contribution in [-0.4, -0.2) is 12.6 Å². The molecule has 0 aromatic heterocycles. The fraction of sp³-hybridized carbons (Fsp3) is 0.316. The summed E-state index contributed by atoms with van der Waals surface area (Å²) in [5.74, 6) is -0.204. The molecule has 2 aromatic rings. The lowest BCUT2D eigenvalue weighted by Gasteiger charge is -2.19. The molecule has 0 saturated heterocycles. The van der Waals surface area contributed by atoms with Crippen molar-refractivity contribution in [3.05, 3.63) is 70.2 Å². The van der Waals surface area contributed by atoms with Crippen LogP contribution in [0, 0.1) is 6.92 Å². The van der Waals surface area contributed by atoms with Crippen LogP contribution in [0.4, 0.5) is 0 Å². The SMILES string of the molecule is CCOC(=O)C[C@@H](NCc1ccccc1Cl)c1ccc(C)cc1. The van der Waals surface area contributed by atoms with Crippen LogP contribution >= 0.6 is 11.6 Å². The summed E-state index contributed by atoms with van der Waals surface area (Å²) in [4.78, 5) is 11.9. The van der Waals surface area contributed by atoms with Gasteiger partial charge in [-0.25, -0.2) is 0 Å². The third kappa shape index (κ3) is 5.38. The van der Waals surface area contributed by atoms with E-state index in [0.29, 0.717) is 19.6 Å². The minimum atomic E-state index is -0.204. The molecule has 0 aliphatic heterocycles. The Morgan fingerprint density at radius 3 is 2.52 bits per heavy atom. The first kappa shape index (κ1) is 17.5. The van der Waals surface area contributed by atoms with Crippen molar-refractivity contribution in [2.45, 2.75) is 32.9 Å². The quantitative estimate of drug-likeness (QED) is 0.763. The smallest absolute Gasteiger partial charge is 0.307 e. The summed E-state index contributed by atoms with van der Waals surface area (Å²) < 4.78 is 5.09. The normalized spacial score (nSPS) is 12.0. The molecule has 0 heterocycles. The Morgan fingerprint density at radius 1 is 1.17 bits per heavy atom. The zero-order valence-electron chi connectivity index (χ0n) is 13.5. The molecule has 0 fully saturated rings. The van der Waals surface area contributed by atoms with Gasteiger partial charge in [0.1, 0.15) is 0 Å². The second-order valence-electron chi connectivity index (χ2n) is 5.44. The standard InChI is InChI=1S/C19H22ClNO2/c1-3-23-19(22)12-18(15-10-8-14(2)9-11-15)21-13-16-6-4-5-7-17(16)20/h4-11,18,21H,3,12-13H2,1-2H3/t18-/m1/s1. The molecule has 0 aliphatic carbocycles. The van der Waals surface area contributed by atoms with E-state index in [2.05, 4.69) is 5.32 Å². The molecule has 0 unspecified atom stereocenters. The average Bonchev–Trinajstić information content (AvgIpc) is 2.54. The Hall–Kier alpha value is -1.84. The van der Waals surface area contributed by atoms with Crippen molar-refractivity contribution in [2.24, 2.45) is 0 Å². The van der Waals surface area contributed by atoms with Gasteiger partial charge in [-0.3, -0.25) is 4.79 Å². The van der Waals surface area contributed by atoms with E-state index in [1.807, 2.05) is 62.4 Å². The summed E-state index contributed by atoms with van der Waals surface area (Å²) in [5.41, 5.74) is 3.26. The minimum absolute atomic E-state index is 0.106. The van der Waals surface area contributed by atoms with Crippen LogP contribution < -0.4 is 5.32 Å². The number of ether oxygens (including phenoxy) is 1. The highest BCUT2D eigenvalue weighted by atomic mass is 35.5. The summed E-state index contributed by atoms with van der Waals surface area (Å²) in [6, 6.07) is 15.8. The number of halogens is 1. The Labute approximate surface area is 142 Å². The molecule has 4 heteroatoms. The van der Waals surface area contributed by atoms with Crippen molar-refractivity contribution in [1.29, 1.82) is 0 Å². The van der Waals surface area contributed by atoms with E-state index in [1.54, 1.807) is 0 Å². The van der Waals surface area contributed by atoms with E-state index in [4.69, 9.17) is 16.3 Å². The topological polar surface area (TPSA) is 38.3 Å². The number of hydrogen-bond acceptors (Lipinski definition) is 3. The molecular formula is C19H22ClNO2. The van der Waals surface area contributed by atoms with Gasteiger partial charge in [-0.15, -0.1) is 0 Å². The van der Waals surface area contributed by atoms with Gasteiger partial charge in [0.2, 0.25) is 0 Å². The Kier molecular flexibility index (Phi) is 6.63. The lowest BCUT2D eigenvalue weighted by molar-refractivity contribution is -0.143. The zero-order valence-corrected chi connectivity index (χ0v) is 14.3. The molecule has 0 saturated carbocycles. The Balaban J connectivity index is 2.11. The van der Waals surface area contributed by atoms with Gasteiger partial charge in [-0.1, -0.05) is 59.6 Å². The van der Waals surface area contributed by atoms with Gasteiger partial charge < -0.3 is 10.1 Å². The number of esters is 1. The molecule has 0 radical (unpaired) electrons. The Bertz CT molecular complexity index is 640. The lowest BCUT2D eigenvalue weighted by Crippen LogP contribution is -2.24. The molecule has 122 valence electrons. The molecule has 0 spiro atoms. The number of aryl methyl sites for hydroxylation is 1. The molecular weight excluding hydrogens is 310 g/mol. The van der Waals surface area contributed by atoms with Crippen LogP contribution in [0.2, 0.25) is 5.02 Å². The fourth-order valence-corrected chi connectivity index (χ4v) is 2.57. The maximum Gasteiger partial charge on any atom is 0.307 e. The van der Waals surface area contributed by atoms with Gasteiger partial charge in [0.15, 0.2) is 0 Å². The van der Waals surface area contributed by atoms with Crippen LogP contribution in [0.15, 0.2) is 48.5 Å². The number of carbonyl (C=O) groups is 1. The van der Waals surface area contributed by atoms with E-state index >= 15 is 0 Å². The highest BCUT2D eigenvalue weighted by Crippen LogP contribution is 2.21. The summed E-state index contributed by atoms with van der Waals surface area (Å²) in [7, 11) is 0. The summed E-state index contributed by atoms with van der Waals surface area (Å²) in [6.45, 7) is 4.85. The highest BCUT2D eigenvalue weighted by molar-refractivity contribution is 6.31. The number of rotatable bonds is 7. The van der Waals surface area contributed by atoms with E-state index in [0.717, 1.165) is 16.1 Å². The molecule has 0 amide bonds.